The molecule has 1 saturated heterocycles. The third-order valence-electron chi connectivity index (χ3n) is 3.77. The summed E-state index contributed by atoms with van der Waals surface area (Å²) in [4.78, 5) is 34.3. The van der Waals surface area contributed by atoms with Gasteiger partial charge < -0.3 is 26.4 Å². The number of likely N-dealkylation sites (tertiary alicyclic amines) is 1. The number of nitrogen functional groups attached to an aromatic ring is 1. The number of hydrogen-bond acceptors (Lipinski definition) is 5. The van der Waals surface area contributed by atoms with Gasteiger partial charge in [0, 0.05) is 12.6 Å². The first-order valence-electron chi connectivity index (χ1n) is 8.45. The zero-order chi connectivity index (χ0) is 19.9. The van der Waals surface area contributed by atoms with Crippen molar-refractivity contribution in [2.45, 2.75) is 52.2 Å². The van der Waals surface area contributed by atoms with Crippen molar-refractivity contribution < 1.29 is 19.1 Å². The fourth-order valence-corrected chi connectivity index (χ4v) is 2.49. The molecule has 8 nitrogen and oxygen atoms in total. The van der Waals surface area contributed by atoms with E-state index in [2.05, 4.69) is 12.2 Å². The third-order valence-corrected chi connectivity index (χ3v) is 3.77. The van der Waals surface area contributed by atoms with Gasteiger partial charge in [-0.25, -0.2) is 4.79 Å². The Bertz CT molecular complexity index is 655. The van der Waals surface area contributed by atoms with Gasteiger partial charge in [0.25, 0.3) is 5.91 Å². The molecule has 0 aliphatic carbocycles. The van der Waals surface area contributed by atoms with Gasteiger partial charge in [-0.1, -0.05) is 6.07 Å². The van der Waals surface area contributed by atoms with Crippen LogP contribution in [0.2, 0.25) is 0 Å². The molecule has 1 aromatic carbocycles. The Kier molecular flexibility index (Phi) is 7.42. The third kappa shape index (κ3) is 6.27. The Balaban J connectivity index is 0.000000260. The molecule has 1 aliphatic heterocycles. The number of carbonyl (C=O) groups is 3. The standard InChI is InChI=1S/C10H19NO2.C8H9N3O2/c1-8-6-5-7-11(8)9(12)13-10(2,3)4;9-7-5(8(10)13)2-1-3-6(7)11-4-12/h8H,5-7H2,1-4H3;1-4H,9H2,(H2,10,13)(H,11,12). The number of nitrogens with one attached hydrogen (secondary N) is 1. The van der Waals surface area contributed by atoms with Gasteiger partial charge in [-0.05, 0) is 52.7 Å². The minimum absolute atomic E-state index is 0.169. The molecule has 2 rings (SSSR count). The predicted molar refractivity (Wildman–Crippen MR) is 101 cm³/mol. The van der Waals surface area contributed by atoms with Crippen LogP contribution in [0.4, 0.5) is 16.2 Å². The average Bonchev–Trinajstić information content (AvgIpc) is 2.94. The first-order chi connectivity index (χ1) is 12.1. The van der Waals surface area contributed by atoms with E-state index >= 15 is 0 Å². The van der Waals surface area contributed by atoms with Crippen LogP contribution in [0.15, 0.2) is 18.2 Å². The molecule has 0 spiro atoms. The predicted octanol–water partition coefficient (Wildman–Crippen LogP) is 2.34. The molecule has 1 atom stereocenters. The number of anilines is 2. The van der Waals surface area contributed by atoms with E-state index in [9.17, 15) is 14.4 Å². The lowest BCUT2D eigenvalue weighted by Gasteiger charge is -2.26. The van der Waals surface area contributed by atoms with Crippen molar-refractivity contribution >= 4 is 29.8 Å². The number of hydrogen-bond donors (Lipinski definition) is 3. The van der Waals surface area contributed by atoms with Gasteiger partial charge in [0.2, 0.25) is 6.41 Å². The van der Waals surface area contributed by atoms with Crippen LogP contribution in [0.1, 0.15) is 50.9 Å². The zero-order valence-corrected chi connectivity index (χ0v) is 15.7. The first kappa shape index (κ1) is 21.3. The number of para-hydroxylation sites is 1. The minimum Gasteiger partial charge on any atom is -0.444 e. The number of ether oxygens (including phenoxy) is 1. The van der Waals surface area contributed by atoms with Crippen LogP contribution in [0.5, 0.6) is 0 Å². The molecule has 1 aromatic rings. The summed E-state index contributed by atoms with van der Waals surface area (Å²) in [6.45, 7) is 8.59. The normalized spacial score (nSPS) is 16.3. The number of nitrogens with zero attached hydrogens (tertiary/aromatic N) is 1. The van der Waals surface area contributed by atoms with E-state index in [1.807, 2.05) is 25.7 Å². The Hall–Kier alpha value is -2.77. The first-order valence-corrected chi connectivity index (χ1v) is 8.45. The topological polar surface area (TPSA) is 128 Å². The molecular formula is C18H28N4O4. The lowest BCUT2D eigenvalue weighted by molar-refractivity contribution is -0.105. The summed E-state index contributed by atoms with van der Waals surface area (Å²) < 4.78 is 5.28. The molecule has 0 bridgehead atoms. The van der Waals surface area contributed by atoms with Gasteiger partial charge in [-0.15, -0.1) is 0 Å². The van der Waals surface area contributed by atoms with Crippen molar-refractivity contribution in [3.05, 3.63) is 23.8 Å². The molecular weight excluding hydrogens is 336 g/mol. The van der Waals surface area contributed by atoms with Crippen LogP contribution in [-0.4, -0.2) is 41.5 Å². The Labute approximate surface area is 153 Å². The van der Waals surface area contributed by atoms with E-state index in [0.717, 1.165) is 19.4 Å². The van der Waals surface area contributed by atoms with E-state index in [4.69, 9.17) is 16.2 Å². The molecule has 0 radical (unpaired) electrons. The van der Waals surface area contributed by atoms with Gasteiger partial charge in [-0.3, -0.25) is 9.59 Å². The highest BCUT2D eigenvalue weighted by molar-refractivity contribution is 6.01. The van der Waals surface area contributed by atoms with Gasteiger partial charge >= 0.3 is 6.09 Å². The minimum atomic E-state index is -0.618. The monoisotopic (exact) mass is 364 g/mol. The highest BCUT2D eigenvalue weighted by Gasteiger charge is 2.29. The maximum atomic E-state index is 11.6. The summed E-state index contributed by atoms with van der Waals surface area (Å²) in [5.74, 6) is -0.618. The van der Waals surface area contributed by atoms with Crippen LogP contribution < -0.4 is 16.8 Å². The fraction of sp³-hybridized carbons (Fsp3) is 0.500. The number of rotatable bonds is 3. The molecule has 1 heterocycles. The number of carbonyl (C=O) groups excluding carboxylic acids is 3. The highest BCUT2D eigenvalue weighted by atomic mass is 16.6. The van der Waals surface area contributed by atoms with Gasteiger partial charge in [-0.2, -0.15) is 0 Å². The van der Waals surface area contributed by atoms with E-state index in [0.29, 0.717) is 18.1 Å². The van der Waals surface area contributed by atoms with E-state index in [1.165, 1.54) is 6.07 Å². The summed E-state index contributed by atoms with van der Waals surface area (Å²) >= 11 is 0. The Morgan fingerprint density at radius 3 is 2.46 bits per heavy atom. The molecule has 1 unspecified atom stereocenters. The van der Waals surface area contributed by atoms with Gasteiger partial charge in [0.1, 0.15) is 5.60 Å². The molecule has 0 saturated carbocycles. The van der Waals surface area contributed by atoms with Crippen LogP contribution >= 0.6 is 0 Å². The molecule has 5 N–H and O–H groups in total. The van der Waals surface area contributed by atoms with Crippen LogP contribution in [0.25, 0.3) is 0 Å². The number of amides is 3. The molecule has 1 fully saturated rings. The molecule has 8 heteroatoms. The van der Waals surface area contributed by atoms with Gasteiger partial charge in [0.05, 0.1) is 16.9 Å². The van der Waals surface area contributed by atoms with Crippen LogP contribution in [-0.2, 0) is 9.53 Å². The number of benzene rings is 1. The quantitative estimate of drug-likeness (QED) is 0.560. The molecule has 26 heavy (non-hydrogen) atoms. The maximum absolute atomic E-state index is 11.6. The van der Waals surface area contributed by atoms with Crippen molar-refractivity contribution in [2.24, 2.45) is 5.73 Å². The Morgan fingerprint density at radius 1 is 1.35 bits per heavy atom. The van der Waals surface area contributed by atoms with Crippen molar-refractivity contribution in [1.82, 2.24) is 4.90 Å². The summed E-state index contributed by atoms with van der Waals surface area (Å²) in [5.41, 5.74) is 11.0. The summed E-state index contributed by atoms with van der Waals surface area (Å²) in [6, 6.07) is 5.00. The van der Waals surface area contributed by atoms with E-state index < -0.39 is 5.91 Å². The largest absolute Gasteiger partial charge is 0.444 e. The summed E-state index contributed by atoms with van der Waals surface area (Å²) in [7, 11) is 0. The fourth-order valence-electron chi connectivity index (χ4n) is 2.49. The van der Waals surface area contributed by atoms with Crippen molar-refractivity contribution in [3.8, 4) is 0 Å². The molecule has 3 amide bonds. The van der Waals surface area contributed by atoms with Gasteiger partial charge in [0.15, 0.2) is 0 Å². The van der Waals surface area contributed by atoms with Crippen molar-refractivity contribution in [1.29, 1.82) is 0 Å². The lowest BCUT2D eigenvalue weighted by Crippen LogP contribution is -2.38. The summed E-state index contributed by atoms with van der Waals surface area (Å²) in [6.07, 6.45) is 2.51. The number of nitrogens with two attached hydrogens (primary N) is 2. The zero-order valence-electron chi connectivity index (χ0n) is 15.7. The smallest absolute Gasteiger partial charge is 0.410 e. The Morgan fingerprint density at radius 2 is 2.00 bits per heavy atom. The van der Waals surface area contributed by atoms with Crippen LogP contribution in [0, 0.1) is 0 Å². The van der Waals surface area contributed by atoms with E-state index in [1.54, 1.807) is 12.1 Å². The summed E-state index contributed by atoms with van der Waals surface area (Å²) in [5, 5.41) is 2.36. The maximum Gasteiger partial charge on any atom is 0.410 e. The second-order valence-electron chi connectivity index (χ2n) is 7.06. The van der Waals surface area contributed by atoms with Crippen molar-refractivity contribution in [2.75, 3.05) is 17.6 Å². The highest BCUT2D eigenvalue weighted by Crippen LogP contribution is 2.21. The van der Waals surface area contributed by atoms with Crippen LogP contribution in [0.3, 0.4) is 0 Å². The molecule has 144 valence electrons. The number of primary amides is 1. The SMILES string of the molecule is CC1CCCN1C(=O)OC(C)(C)C.NC(=O)c1cccc(NC=O)c1N. The lowest BCUT2D eigenvalue weighted by atomic mass is 10.1. The van der Waals surface area contributed by atoms with Crippen molar-refractivity contribution in [3.63, 3.8) is 0 Å². The molecule has 0 aromatic heterocycles. The second kappa shape index (κ2) is 9.07. The van der Waals surface area contributed by atoms with E-state index in [-0.39, 0.29) is 22.9 Å². The molecule has 1 aliphatic rings. The average molecular weight is 364 g/mol. The second-order valence-corrected chi connectivity index (χ2v) is 7.06.